The van der Waals surface area contributed by atoms with Crippen molar-refractivity contribution in [3.63, 3.8) is 0 Å². The number of carbonyl (C=O) groups excluding carboxylic acids is 1. The van der Waals surface area contributed by atoms with E-state index in [0.717, 1.165) is 25.2 Å². The normalized spacial score (nSPS) is 22.6. The van der Waals surface area contributed by atoms with Gasteiger partial charge in [-0.15, -0.1) is 0 Å². The van der Waals surface area contributed by atoms with Crippen molar-refractivity contribution in [3.8, 4) is 0 Å². The number of benzene rings is 1. The van der Waals surface area contributed by atoms with Crippen molar-refractivity contribution >= 4 is 11.6 Å². The number of piperidine rings is 1. The maximum atomic E-state index is 12.2. The van der Waals surface area contributed by atoms with Crippen molar-refractivity contribution in [1.82, 2.24) is 5.32 Å². The molecule has 1 aromatic rings. The molecule has 0 radical (unpaired) electrons. The standard InChI is InChI=1S/C18H26N2O/c1-13(16-6-3-9-19-12-16)10-18(21)20-17-8-7-14-4-2-5-15(14)11-17/h7-8,11,13,16,19H,2-6,9-10,12H2,1H3,(H,20,21). The molecule has 1 saturated heterocycles. The van der Waals surface area contributed by atoms with Gasteiger partial charge in [-0.2, -0.15) is 0 Å². The Balaban J connectivity index is 1.53. The molecule has 2 unspecified atom stereocenters. The van der Waals surface area contributed by atoms with Gasteiger partial charge < -0.3 is 10.6 Å². The molecule has 3 heteroatoms. The van der Waals surface area contributed by atoms with Crippen LogP contribution in [0.1, 0.15) is 43.7 Å². The van der Waals surface area contributed by atoms with E-state index >= 15 is 0 Å². The van der Waals surface area contributed by atoms with Gasteiger partial charge in [-0.3, -0.25) is 4.79 Å². The first-order valence-corrected chi connectivity index (χ1v) is 8.35. The summed E-state index contributed by atoms with van der Waals surface area (Å²) in [5, 5.41) is 6.52. The van der Waals surface area contributed by atoms with Crippen LogP contribution < -0.4 is 10.6 Å². The molecule has 1 aliphatic heterocycles. The Bertz CT molecular complexity index is 506. The Morgan fingerprint density at radius 3 is 3.00 bits per heavy atom. The van der Waals surface area contributed by atoms with Crippen LogP contribution in [0.2, 0.25) is 0 Å². The predicted molar refractivity (Wildman–Crippen MR) is 86.5 cm³/mol. The summed E-state index contributed by atoms with van der Waals surface area (Å²) in [5.74, 6) is 1.25. The fourth-order valence-electron chi connectivity index (χ4n) is 3.69. The summed E-state index contributed by atoms with van der Waals surface area (Å²) < 4.78 is 0. The van der Waals surface area contributed by atoms with E-state index in [2.05, 4.69) is 35.8 Å². The Hall–Kier alpha value is -1.35. The molecule has 2 N–H and O–H groups in total. The Morgan fingerprint density at radius 1 is 1.33 bits per heavy atom. The molecule has 0 aromatic heterocycles. The number of hydrogen-bond donors (Lipinski definition) is 2. The van der Waals surface area contributed by atoms with Gasteiger partial charge >= 0.3 is 0 Å². The first-order valence-electron chi connectivity index (χ1n) is 8.35. The van der Waals surface area contributed by atoms with E-state index in [-0.39, 0.29) is 5.91 Å². The fourth-order valence-corrected chi connectivity index (χ4v) is 3.69. The molecule has 0 spiro atoms. The average Bonchev–Trinajstić information content (AvgIpc) is 2.95. The Kier molecular flexibility index (Phi) is 4.59. The highest BCUT2D eigenvalue weighted by molar-refractivity contribution is 5.91. The first kappa shape index (κ1) is 14.6. The average molecular weight is 286 g/mol. The SMILES string of the molecule is CC(CC(=O)Nc1ccc2c(c1)CCC2)C1CCCNC1. The summed E-state index contributed by atoms with van der Waals surface area (Å²) in [6.45, 7) is 4.40. The second-order valence-corrected chi connectivity index (χ2v) is 6.67. The molecule has 1 heterocycles. The van der Waals surface area contributed by atoms with Crippen molar-refractivity contribution in [2.24, 2.45) is 11.8 Å². The lowest BCUT2D eigenvalue weighted by atomic mass is 9.85. The van der Waals surface area contributed by atoms with Gasteiger partial charge in [-0.05, 0) is 80.3 Å². The topological polar surface area (TPSA) is 41.1 Å². The fraction of sp³-hybridized carbons (Fsp3) is 0.611. The van der Waals surface area contributed by atoms with E-state index in [1.165, 1.54) is 36.8 Å². The highest BCUT2D eigenvalue weighted by atomic mass is 16.1. The maximum Gasteiger partial charge on any atom is 0.224 e. The summed E-state index contributed by atoms with van der Waals surface area (Å²) in [6, 6.07) is 6.38. The van der Waals surface area contributed by atoms with Gasteiger partial charge in [0.25, 0.3) is 0 Å². The zero-order valence-corrected chi connectivity index (χ0v) is 13.0. The summed E-state index contributed by atoms with van der Waals surface area (Å²) in [7, 11) is 0. The molecule has 21 heavy (non-hydrogen) atoms. The molecular weight excluding hydrogens is 260 g/mol. The van der Waals surface area contributed by atoms with Gasteiger partial charge in [-0.25, -0.2) is 0 Å². The largest absolute Gasteiger partial charge is 0.326 e. The van der Waals surface area contributed by atoms with Gasteiger partial charge in [0.05, 0.1) is 0 Å². The molecule has 114 valence electrons. The van der Waals surface area contributed by atoms with E-state index in [9.17, 15) is 4.79 Å². The van der Waals surface area contributed by atoms with Crippen molar-refractivity contribution in [2.75, 3.05) is 18.4 Å². The van der Waals surface area contributed by atoms with E-state index in [1.807, 2.05) is 0 Å². The second kappa shape index (κ2) is 6.61. The first-order chi connectivity index (χ1) is 10.2. The zero-order chi connectivity index (χ0) is 14.7. The number of carbonyl (C=O) groups is 1. The lowest BCUT2D eigenvalue weighted by molar-refractivity contribution is -0.117. The highest BCUT2D eigenvalue weighted by Crippen LogP contribution is 2.26. The molecule has 2 atom stereocenters. The van der Waals surface area contributed by atoms with Crippen LogP contribution in [0.4, 0.5) is 5.69 Å². The number of aryl methyl sites for hydroxylation is 2. The lowest BCUT2D eigenvalue weighted by Crippen LogP contribution is -2.34. The van der Waals surface area contributed by atoms with Gasteiger partial charge in [0, 0.05) is 12.1 Å². The van der Waals surface area contributed by atoms with Crippen LogP contribution in [0.25, 0.3) is 0 Å². The number of rotatable bonds is 4. The molecule has 1 aliphatic carbocycles. The molecule has 1 amide bonds. The van der Waals surface area contributed by atoms with Gasteiger partial charge in [0.1, 0.15) is 0 Å². The number of amides is 1. The highest BCUT2D eigenvalue weighted by Gasteiger charge is 2.22. The third-order valence-electron chi connectivity index (χ3n) is 5.03. The third kappa shape index (κ3) is 3.65. The smallest absolute Gasteiger partial charge is 0.224 e. The van der Waals surface area contributed by atoms with E-state index < -0.39 is 0 Å². The molecule has 3 nitrogen and oxygen atoms in total. The van der Waals surface area contributed by atoms with Crippen LogP contribution in [-0.4, -0.2) is 19.0 Å². The predicted octanol–water partition coefficient (Wildman–Crippen LogP) is 3.14. The number of hydrogen-bond acceptors (Lipinski definition) is 2. The van der Waals surface area contributed by atoms with Gasteiger partial charge in [0.15, 0.2) is 0 Å². The summed E-state index contributed by atoms with van der Waals surface area (Å²) in [5.41, 5.74) is 3.83. The Labute approximate surface area is 127 Å². The summed E-state index contributed by atoms with van der Waals surface area (Å²) in [4.78, 5) is 12.2. The molecule has 3 rings (SSSR count). The minimum Gasteiger partial charge on any atom is -0.326 e. The van der Waals surface area contributed by atoms with Crippen molar-refractivity contribution < 1.29 is 4.79 Å². The van der Waals surface area contributed by atoms with Crippen LogP contribution in [0.5, 0.6) is 0 Å². The van der Waals surface area contributed by atoms with Crippen LogP contribution in [0.3, 0.4) is 0 Å². The number of fused-ring (bicyclic) bond motifs is 1. The lowest BCUT2D eigenvalue weighted by Gasteiger charge is -2.28. The van der Waals surface area contributed by atoms with E-state index in [1.54, 1.807) is 0 Å². The third-order valence-corrected chi connectivity index (χ3v) is 5.03. The number of nitrogens with one attached hydrogen (secondary N) is 2. The second-order valence-electron chi connectivity index (χ2n) is 6.67. The van der Waals surface area contributed by atoms with Crippen LogP contribution in [0, 0.1) is 11.8 Å². The van der Waals surface area contributed by atoms with Crippen LogP contribution >= 0.6 is 0 Å². The molecular formula is C18H26N2O. The molecule has 1 fully saturated rings. The van der Waals surface area contributed by atoms with Crippen LogP contribution in [-0.2, 0) is 17.6 Å². The van der Waals surface area contributed by atoms with Gasteiger partial charge in [-0.1, -0.05) is 13.0 Å². The summed E-state index contributed by atoms with van der Waals surface area (Å²) >= 11 is 0. The minimum atomic E-state index is 0.158. The molecule has 2 aliphatic rings. The molecule has 0 bridgehead atoms. The van der Waals surface area contributed by atoms with E-state index in [0.29, 0.717) is 18.3 Å². The van der Waals surface area contributed by atoms with Crippen LogP contribution in [0.15, 0.2) is 18.2 Å². The maximum absolute atomic E-state index is 12.2. The zero-order valence-electron chi connectivity index (χ0n) is 13.0. The number of anilines is 1. The van der Waals surface area contributed by atoms with Crippen molar-refractivity contribution in [3.05, 3.63) is 29.3 Å². The minimum absolute atomic E-state index is 0.158. The van der Waals surface area contributed by atoms with Crippen molar-refractivity contribution in [2.45, 2.75) is 45.4 Å². The monoisotopic (exact) mass is 286 g/mol. The quantitative estimate of drug-likeness (QED) is 0.893. The Morgan fingerprint density at radius 2 is 2.19 bits per heavy atom. The van der Waals surface area contributed by atoms with Crippen molar-refractivity contribution in [1.29, 1.82) is 0 Å². The molecule has 0 saturated carbocycles. The van der Waals surface area contributed by atoms with E-state index in [4.69, 9.17) is 0 Å². The molecule has 1 aromatic carbocycles. The van der Waals surface area contributed by atoms with Gasteiger partial charge in [0.2, 0.25) is 5.91 Å². The summed E-state index contributed by atoms with van der Waals surface area (Å²) in [6.07, 6.45) is 6.71.